The molecule has 0 bridgehead atoms. The van der Waals surface area contributed by atoms with E-state index in [1.54, 1.807) is 35.9 Å². The van der Waals surface area contributed by atoms with Gasteiger partial charge in [0.1, 0.15) is 0 Å². The van der Waals surface area contributed by atoms with Gasteiger partial charge in [0.15, 0.2) is 5.78 Å². The number of amides is 1. The van der Waals surface area contributed by atoms with Crippen molar-refractivity contribution in [2.75, 3.05) is 5.32 Å². The minimum atomic E-state index is -0.434. The fourth-order valence-electron chi connectivity index (χ4n) is 2.76. The zero-order valence-electron chi connectivity index (χ0n) is 16.1. The predicted molar refractivity (Wildman–Crippen MR) is 109 cm³/mol. The summed E-state index contributed by atoms with van der Waals surface area (Å²) in [6.45, 7) is 7.30. The number of carbonyl (C=O) groups is 2. The number of hydrogen-bond acceptors (Lipinski definition) is 6. The van der Waals surface area contributed by atoms with Crippen LogP contribution in [0, 0.1) is 13.8 Å². The lowest BCUT2D eigenvalue weighted by molar-refractivity contribution is -0.115. The molecule has 0 saturated carbocycles. The van der Waals surface area contributed by atoms with Crippen molar-refractivity contribution in [1.29, 1.82) is 0 Å². The number of benzene rings is 2. The van der Waals surface area contributed by atoms with Gasteiger partial charge in [0, 0.05) is 11.3 Å². The van der Waals surface area contributed by atoms with Crippen LogP contribution in [0.5, 0.6) is 0 Å². The second kappa shape index (κ2) is 8.35. The van der Waals surface area contributed by atoms with Crippen LogP contribution in [0.15, 0.2) is 47.6 Å². The standard InChI is InChI=1S/C20H21N5O2S/c1-12-8-13(2)10-18(9-12)25-20(22-23-24-25)28-15(4)19(27)21-17-7-5-6-16(11-17)14(3)26/h5-11,15H,1-4H3,(H,21,27)/t15-/m1/s1. The highest BCUT2D eigenvalue weighted by atomic mass is 32.2. The molecule has 144 valence electrons. The molecule has 1 atom stereocenters. The molecule has 1 amide bonds. The van der Waals surface area contributed by atoms with E-state index in [4.69, 9.17) is 0 Å². The molecule has 0 saturated heterocycles. The lowest BCUT2D eigenvalue weighted by atomic mass is 10.1. The van der Waals surface area contributed by atoms with Gasteiger partial charge in [-0.3, -0.25) is 9.59 Å². The Morgan fingerprint density at radius 3 is 2.50 bits per heavy atom. The van der Waals surface area contributed by atoms with E-state index in [-0.39, 0.29) is 11.7 Å². The summed E-state index contributed by atoms with van der Waals surface area (Å²) in [6.07, 6.45) is 0. The Hall–Kier alpha value is -3.00. The van der Waals surface area contributed by atoms with Crippen LogP contribution in [-0.4, -0.2) is 37.1 Å². The second-order valence-electron chi connectivity index (χ2n) is 6.61. The van der Waals surface area contributed by atoms with Gasteiger partial charge in [-0.2, -0.15) is 4.68 Å². The van der Waals surface area contributed by atoms with E-state index in [0.29, 0.717) is 16.4 Å². The Bertz CT molecular complexity index is 1010. The van der Waals surface area contributed by atoms with Crippen molar-refractivity contribution in [3.8, 4) is 5.69 Å². The monoisotopic (exact) mass is 395 g/mol. The normalized spacial score (nSPS) is 11.9. The first-order valence-corrected chi connectivity index (χ1v) is 9.67. The first-order valence-electron chi connectivity index (χ1n) is 8.79. The smallest absolute Gasteiger partial charge is 0.237 e. The molecule has 0 spiro atoms. The van der Waals surface area contributed by atoms with E-state index in [9.17, 15) is 9.59 Å². The number of tetrazole rings is 1. The molecule has 0 aliphatic carbocycles. The average Bonchev–Trinajstić information content (AvgIpc) is 3.09. The highest BCUT2D eigenvalue weighted by Crippen LogP contribution is 2.25. The van der Waals surface area contributed by atoms with Gasteiger partial charge in [-0.05, 0) is 73.5 Å². The quantitative estimate of drug-likeness (QED) is 0.507. The van der Waals surface area contributed by atoms with Crippen LogP contribution in [0.3, 0.4) is 0 Å². The molecule has 1 aromatic heterocycles. The van der Waals surface area contributed by atoms with Gasteiger partial charge in [0.05, 0.1) is 10.9 Å². The molecule has 3 rings (SSSR count). The van der Waals surface area contributed by atoms with Crippen LogP contribution in [0.2, 0.25) is 0 Å². The summed E-state index contributed by atoms with van der Waals surface area (Å²) in [6, 6.07) is 12.9. The summed E-state index contributed by atoms with van der Waals surface area (Å²) < 4.78 is 1.63. The molecule has 2 aromatic carbocycles. The van der Waals surface area contributed by atoms with Crippen molar-refractivity contribution in [2.24, 2.45) is 0 Å². The predicted octanol–water partition coefficient (Wildman–Crippen LogP) is 3.60. The van der Waals surface area contributed by atoms with Gasteiger partial charge in [0.2, 0.25) is 11.1 Å². The maximum Gasteiger partial charge on any atom is 0.237 e. The molecular formula is C20H21N5O2S. The first-order chi connectivity index (χ1) is 13.3. The number of nitrogens with zero attached hydrogens (tertiary/aromatic N) is 4. The molecular weight excluding hydrogens is 374 g/mol. The number of hydrogen-bond donors (Lipinski definition) is 1. The molecule has 0 aliphatic rings. The SMILES string of the molecule is CC(=O)c1cccc(NC(=O)[C@@H](C)Sc2nnnn2-c2cc(C)cc(C)c2)c1. The number of carbonyl (C=O) groups excluding carboxylic acids is 2. The average molecular weight is 395 g/mol. The fraction of sp³-hybridized carbons (Fsp3) is 0.250. The van der Waals surface area contributed by atoms with E-state index in [1.807, 2.05) is 26.0 Å². The second-order valence-corrected chi connectivity index (χ2v) is 7.91. The van der Waals surface area contributed by atoms with Crippen molar-refractivity contribution in [3.63, 3.8) is 0 Å². The van der Waals surface area contributed by atoms with Crippen molar-refractivity contribution in [1.82, 2.24) is 20.2 Å². The van der Waals surface area contributed by atoms with Gasteiger partial charge >= 0.3 is 0 Å². The molecule has 28 heavy (non-hydrogen) atoms. The Labute approximate surface area is 167 Å². The highest BCUT2D eigenvalue weighted by Gasteiger charge is 2.20. The van der Waals surface area contributed by atoms with Gasteiger partial charge in [0.25, 0.3) is 0 Å². The topological polar surface area (TPSA) is 89.8 Å². The molecule has 8 heteroatoms. The van der Waals surface area contributed by atoms with Crippen molar-refractivity contribution >= 4 is 29.1 Å². The fourth-order valence-corrected chi connectivity index (χ4v) is 3.57. The van der Waals surface area contributed by atoms with Crippen LogP contribution in [0.4, 0.5) is 5.69 Å². The van der Waals surface area contributed by atoms with Gasteiger partial charge in [-0.25, -0.2) is 0 Å². The van der Waals surface area contributed by atoms with Crippen LogP contribution < -0.4 is 5.32 Å². The third-order valence-corrected chi connectivity index (χ3v) is 5.11. The van der Waals surface area contributed by atoms with E-state index >= 15 is 0 Å². The molecule has 1 heterocycles. The molecule has 7 nitrogen and oxygen atoms in total. The van der Waals surface area contributed by atoms with E-state index in [1.165, 1.54) is 18.7 Å². The summed E-state index contributed by atoms with van der Waals surface area (Å²) in [7, 11) is 0. The van der Waals surface area contributed by atoms with Gasteiger partial charge in [-0.15, -0.1) is 5.10 Å². The van der Waals surface area contributed by atoms with Crippen LogP contribution in [0.1, 0.15) is 35.3 Å². The molecule has 0 fully saturated rings. The number of ketones is 1. The van der Waals surface area contributed by atoms with E-state index in [2.05, 4.69) is 26.9 Å². The number of Topliss-reactive ketones (excluding diaryl/α,β-unsaturated/α-hetero) is 1. The highest BCUT2D eigenvalue weighted by molar-refractivity contribution is 8.00. The number of aromatic nitrogens is 4. The van der Waals surface area contributed by atoms with Gasteiger partial charge in [-0.1, -0.05) is 30.0 Å². The molecule has 0 radical (unpaired) electrons. The van der Waals surface area contributed by atoms with E-state index in [0.717, 1.165) is 16.8 Å². The van der Waals surface area contributed by atoms with Crippen LogP contribution in [-0.2, 0) is 4.79 Å². The van der Waals surface area contributed by atoms with Gasteiger partial charge < -0.3 is 5.32 Å². The zero-order valence-corrected chi connectivity index (χ0v) is 16.9. The number of aryl methyl sites for hydroxylation is 2. The lowest BCUT2D eigenvalue weighted by Crippen LogP contribution is -2.23. The largest absolute Gasteiger partial charge is 0.325 e. The number of anilines is 1. The maximum atomic E-state index is 12.6. The zero-order chi connectivity index (χ0) is 20.3. The molecule has 1 N–H and O–H groups in total. The Morgan fingerprint density at radius 2 is 1.82 bits per heavy atom. The van der Waals surface area contributed by atoms with Crippen LogP contribution in [0.25, 0.3) is 5.69 Å². The molecule has 0 unspecified atom stereocenters. The maximum absolute atomic E-state index is 12.6. The summed E-state index contributed by atoms with van der Waals surface area (Å²) in [5.41, 5.74) is 4.21. The molecule has 3 aromatic rings. The first kappa shape index (κ1) is 19.8. The third kappa shape index (κ3) is 4.64. The molecule has 0 aliphatic heterocycles. The Morgan fingerprint density at radius 1 is 1.11 bits per heavy atom. The summed E-state index contributed by atoms with van der Waals surface area (Å²) >= 11 is 1.27. The lowest BCUT2D eigenvalue weighted by Gasteiger charge is -2.12. The van der Waals surface area contributed by atoms with Crippen molar-refractivity contribution in [3.05, 3.63) is 59.2 Å². The minimum absolute atomic E-state index is 0.0499. The van der Waals surface area contributed by atoms with E-state index < -0.39 is 5.25 Å². The van der Waals surface area contributed by atoms with Crippen molar-refractivity contribution in [2.45, 2.75) is 38.1 Å². The number of thioether (sulfide) groups is 1. The summed E-state index contributed by atoms with van der Waals surface area (Å²) in [4.78, 5) is 24.1. The summed E-state index contributed by atoms with van der Waals surface area (Å²) in [5, 5.41) is 14.8. The number of rotatable bonds is 6. The van der Waals surface area contributed by atoms with Crippen LogP contribution >= 0.6 is 11.8 Å². The van der Waals surface area contributed by atoms with Crippen molar-refractivity contribution < 1.29 is 9.59 Å². The third-order valence-electron chi connectivity index (χ3n) is 4.08. The number of nitrogens with one attached hydrogen (secondary N) is 1. The Balaban J connectivity index is 1.74. The summed E-state index contributed by atoms with van der Waals surface area (Å²) in [5.74, 6) is -0.244. The minimum Gasteiger partial charge on any atom is -0.325 e. The Kier molecular flexibility index (Phi) is 5.89.